The van der Waals surface area contributed by atoms with Gasteiger partial charge in [-0.05, 0) is 6.07 Å². The lowest BCUT2D eigenvalue weighted by atomic mass is 10.3. The van der Waals surface area contributed by atoms with Crippen LogP contribution in [0.1, 0.15) is 0 Å². The number of nitrogens with zero attached hydrogens (tertiary/aromatic N) is 1. The topological polar surface area (TPSA) is 113 Å². The van der Waals surface area contributed by atoms with Gasteiger partial charge in [0.15, 0.2) is 0 Å². The molecule has 0 spiro atoms. The maximum Gasteiger partial charge on any atom is 0.317 e. The minimum Gasteiger partial charge on any atom is -0.746 e. The van der Waals surface area contributed by atoms with Crippen molar-refractivity contribution in [3.63, 3.8) is 0 Å². The first kappa shape index (κ1) is 10.6. The number of nitro groups is 1. The third-order valence-electron chi connectivity index (χ3n) is 1.25. The molecule has 0 heterocycles. The molecule has 1 aromatic rings. The predicted molar refractivity (Wildman–Crippen MR) is 43.5 cm³/mol. The first-order valence-corrected chi connectivity index (χ1v) is 4.86. The van der Waals surface area contributed by atoms with Crippen molar-refractivity contribution >= 4 is 13.5 Å². The smallest absolute Gasteiger partial charge is 0.317 e. The number of non-ortho nitro benzene ring substituents is 1. The van der Waals surface area contributed by atoms with Crippen molar-refractivity contribution in [3.8, 4) is 5.75 Å². The van der Waals surface area contributed by atoms with E-state index in [4.69, 9.17) is 4.89 Å². The molecule has 0 aliphatic rings. The molecule has 7 nitrogen and oxygen atoms in total. The summed E-state index contributed by atoms with van der Waals surface area (Å²) in [5.41, 5.74) is -0.323. The van der Waals surface area contributed by atoms with E-state index in [1.807, 2.05) is 0 Å². The molecule has 8 heteroatoms. The highest BCUT2D eigenvalue weighted by Gasteiger charge is 2.09. The molecule has 0 saturated heterocycles. The monoisotopic (exact) mass is 218 g/mol. The number of phosphoric ester groups is 1. The molecule has 0 radical (unpaired) electrons. The maximum atomic E-state index is 10.3. The van der Waals surface area contributed by atoms with E-state index < -0.39 is 12.7 Å². The van der Waals surface area contributed by atoms with Crippen LogP contribution < -0.4 is 9.42 Å². The van der Waals surface area contributed by atoms with Crippen molar-refractivity contribution in [1.29, 1.82) is 0 Å². The normalized spacial score (nSPS) is 14.4. The van der Waals surface area contributed by atoms with Crippen molar-refractivity contribution in [2.24, 2.45) is 0 Å². The molecule has 76 valence electrons. The Kier molecular flexibility index (Phi) is 2.85. The predicted octanol–water partition coefficient (Wildman–Crippen LogP) is 0.434. The summed E-state index contributed by atoms with van der Waals surface area (Å²) >= 11 is 0. The molecular weight excluding hydrogens is 213 g/mol. The lowest BCUT2D eigenvalue weighted by Crippen LogP contribution is -2.05. The largest absolute Gasteiger partial charge is 0.746 e. The number of phosphoric acid groups is 1. The van der Waals surface area contributed by atoms with E-state index in [1.165, 1.54) is 18.2 Å². The Labute approximate surface area is 78.3 Å². The summed E-state index contributed by atoms with van der Waals surface area (Å²) < 4.78 is 14.3. The number of rotatable bonds is 3. The van der Waals surface area contributed by atoms with Crippen LogP contribution in [-0.4, -0.2) is 9.82 Å². The van der Waals surface area contributed by atoms with Gasteiger partial charge in [0.05, 0.1) is 11.0 Å². The molecule has 1 N–H and O–H groups in total. The lowest BCUT2D eigenvalue weighted by molar-refractivity contribution is -0.384. The number of hydrogen-bond donors (Lipinski definition) is 1. The van der Waals surface area contributed by atoms with Crippen molar-refractivity contribution in [1.82, 2.24) is 0 Å². The van der Waals surface area contributed by atoms with Gasteiger partial charge in [0.25, 0.3) is 5.69 Å². The highest BCUT2D eigenvalue weighted by Crippen LogP contribution is 2.34. The van der Waals surface area contributed by atoms with Gasteiger partial charge in [-0.1, -0.05) is 6.07 Å². The third kappa shape index (κ3) is 3.14. The van der Waals surface area contributed by atoms with Gasteiger partial charge in [-0.3, -0.25) is 14.7 Å². The van der Waals surface area contributed by atoms with Crippen molar-refractivity contribution in [3.05, 3.63) is 34.4 Å². The Morgan fingerprint density at radius 3 is 2.64 bits per heavy atom. The van der Waals surface area contributed by atoms with Crippen LogP contribution in [-0.2, 0) is 4.57 Å². The van der Waals surface area contributed by atoms with Gasteiger partial charge < -0.3 is 14.3 Å². The quantitative estimate of drug-likeness (QED) is 0.447. The Morgan fingerprint density at radius 2 is 2.14 bits per heavy atom. The van der Waals surface area contributed by atoms with Gasteiger partial charge in [0.1, 0.15) is 5.75 Å². The molecule has 0 saturated carbocycles. The van der Waals surface area contributed by atoms with Crippen LogP contribution in [0.2, 0.25) is 0 Å². The van der Waals surface area contributed by atoms with Gasteiger partial charge in [-0.15, -0.1) is 0 Å². The summed E-state index contributed by atoms with van der Waals surface area (Å²) in [5, 5.41) is 10.3. The summed E-state index contributed by atoms with van der Waals surface area (Å²) in [5.74, 6) is -0.306. The number of hydrogen-bond acceptors (Lipinski definition) is 5. The van der Waals surface area contributed by atoms with Crippen LogP contribution in [0.3, 0.4) is 0 Å². The summed E-state index contributed by atoms with van der Waals surface area (Å²) in [6, 6.07) is 4.47. The van der Waals surface area contributed by atoms with E-state index in [1.54, 1.807) is 0 Å². The second-order valence-electron chi connectivity index (χ2n) is 2.31. The fourth-order valence-corrected chi connectivity index (χ4v) is 1.17. The summed E-state index contributed by atoms with van der Waals surface area (Å²) in [6.45, 7) is 0. The van der Waals surface area contributed by atoms with Gasteiger partial charge in [0.2, 0.25) is 0 Å². The number of benzene rings is 1. The first-order valence-electron chi connectivity index (χ1n) is 3.36. The Morgan fingerprint density at radius 1 is 1.50 bits per heavy atom. The summed E-state index contributed by atoms with van der Waals surface area (Å²) in [4.78, 5) is 28.1. The van der Waals surface area contributed by atoms with E-state index in [9.17, 15) is 19.6 Å². The van der Waals surface area contributed by atoms with Crippen LogP contribution in [0.25, 0.3) is 0 Å². The average Bonchev–Trinajstić information content (AvgIpc) is 2.01. The molecule has 0 fully saturated rings. The third-order valence-corrected chi connectivity index (χ3v) is 1.69. The molecule has 14 heavy (non-hydrogen) atoms. The van der Waals surface area contributed by atoms with Gasteiger partial charge in [0, 0.05) is 6.07 Å². The lowest BCUT2D eigenvalue weighted by Gasteiger charge is -2.15. The second-order valence-corrected chi connectivity index (χ2v) is 3.43. The highest BCUT2D eigenvalue weighted by atomic mass is 31.2. The zero-order valence-electron chi connectivity index (χ0n) is 6.69. The Bertz CT molecular complexity index is 399. The zero-order chi connectivity index (χ0) is 10.8. The van der Waals surface area contributed by atoms with Gasteiger partial charge in [-0.25, -0.2) is 0 Å². The minimum atomic E-state index is -4.91. The molecule has 1 unspecified atom stereocenters. The van der Waals surface area contributed by atoms with E-state index in [-0.39, 0.29) is 11.4 Å². The van der Waals surface area contributed by atoms with Crippen LogP contribution in [0, 0.1) is 10.1 Å². The minimum absolute atomic E-state index is 0.306. The van der Waals surface area contributed by atoms with E-state index in [0.717, 1.165) is 6.07 Å². The molecule has 0 aromatic heterocycles. The molecule has 1 aromatic carbocycles. The fourth-order valence-electron chi connectivity index (χ4n) is 0.787. The zero-order valence-corrected chi connectivity index (χ0v) is 7.59. The summed E-state index contributed by atoms with van der Waals surface area (Å²) in [6.07, 6.45) is 0. The Balaban J connectivity index is 2.95. The number of nitro benzene ring substituents is 1. The summed E-state index contributed by atoms with van der Waals surface area (Å²) in [7, 11) is -4.91. The van der Waals surface area contributed by atoms with E-state index in [2.05, 4.69) is 4.52 Å². The fraction of sp³-hybridized carbons (Fsp3) is 0. The van der Waals surface area contributed by atoms with E-state index >= 15 is 0 Å². The maximum absolute atomic E-state index is 10.3. The van der Waals surface area contributed by atoms with Crippen LogP contribution in [0.15, 0.2) is 24.3 Å². The molecule has 1 atom stereocenters. The van der Waals surface area contributed by atoms with Crippen LogP contribution in [0.4, 0.5) is 5.69 Å². The SMILES string of the molecule is O=[N+]([O-])c1cccc(OP(=O)([O-])O)c1. The van der Waals surface area contributed by atoms with E-state index in [0.29, 0.717) is 0 Å². The standard InChI is InChI=1S/C6H6NO6P/c8-7(9)5-2-1-3-6(4-5)13-14(10,11)12/h1-4H,(H2,10,11,12)/p-1. The molecular formula is C6H5NO6P-. The average molecular weight is 218 g/mol. The van der Waals surface area contributed by atoms with Gasteiger partial charge in [-0.2, -0.15) is 0 Å². The molecule has 0 bridgehead atoms. The van der Waals surface area contributed by atoms with Crippen LogP contribution >= 0.6 is 7.82 Å². The molecule has 0 aliphatic carbocycles. The van der Waals surface area contributed by atoms with Crippen molar-refractivity contribution in [2.75, 3.05) is 0 Å². The van der Waals surface area contributed by atoms with Crippen molar-refractivity contribution < 1.29 is 23.8 Å². The molecule has 1 rings (SSSR count). The molecule has 0 amide bonds. The van der Waals surface area contributed by atoms with Crippen molar-refractivity contribution in [2.45, 2.75) is 0 Å². The van der Waals surface area contributed by atoms with Crippen LogP contribution in [0.5, 0.6) is 5.75 Å². The second kappa shape index (κ2) is 3.75. The highest BCUT2D eigenvalue weighted by molar-refractivity contribution is 7.45. The Hall–Kier alpha value is -1.43. The molecule has 0 aliphatic heterocycles. The first-order chi connectivity index (χ1) is 6.38. The van der Waals surface area contributed by atoms with Gasteiger partial charge >= 0.3 is 7.82 Å².